The average Bonchev–Trinajstić information content (AvgIpc) is 3.75. The third kappa shape index (κ3) is 4.65. The topological polar surface area (TPSA) is 59.8 Å². The van der Waals surface area contributed by atoms with Crippen LogP contribution in [0.5, 0.6) is 0 Å². The number of nitrogens with one attached hydrogen (secondary N) is 1. The Morgan fingerprint density at radius 3 is 2.85 bits per heavy atom. The van der Waals surface area contributed by atoms with Gasteiger partial charge in [-0.25, -0.2) is 0 Å². The van der Waals surface area contributed by atoms with E-state index in [0.29, 0.717) is 18.4 Å². The number of ketones is 1. The predicted octanol–water partition coefficient (Wildman–Crippen LogP) is 4.95. The summed E-state index contributed by atoms with van der Waals surface area (Å²) in [5, 5.41) is 12.6. The van der Waals surface area contributed by atoms with E-state index in [1.807, 2.05) is 24.3 Å². The number of hydrogen-bond acceptors (Lipinski definition) is 4. The molecule has 2 heterocycles. The zero-order valence-electron chi connectivity index (χ0n) is 19.2. The number of aromatic nitrogens is 3. The largest absolute Gasteiger partial charge is 0.313 e. The third-order valence-corrected chi connectivity index (χ3v) is 7.45. The van der Waals surface area contributed by atoms with E-state index in [-0.39, 0.29) is 5.78 Å². The lowest BCUT2D eigenvalue weighted by molar-refractivity contribution is 0.0993. The molecule has 0 spiro atoms. The second-order valence-corrected chi connectivity index (χ2v) is 10.1. The molecule has 1 N–H and O–H groups in total. The van der Waals surface area contributed by atoms with Crippen LogP contribution in [0.4, 0.5) is 0 Å². The molecule has 2 unspecified atom stereocenters. The zero-order chi connectivity index (χ0) is 22.2. The van der Waals surface area contributed by atoms with Crippen molar-refractivity contribution in [2.75, 3.05) is 6.54 Å². The molecular formula is C28H32N4O. The summed E-state index contributed by atoms with van der Waals surface area (Å²) in [5.41, 5.74) is 4.21. The lowest BCUT2D eigenvalue weighted by Crippen LogP contribution is -2.20. The number of benzene rings is 2. The molecule has 0 bridgehead atoms. The smallest absolute Gasteiger partial charge is 0.167 e. The SMILES string of the molecule is O=C(Cc1cccc(-c2nnc3n2CCCCC3)c1)c1cccc(C2CC2NCC2CC2)c1. The molecule has 33 heavy (non-hydrogen) atoms. The summed E-state index contributed by atoms with van der Waals surface area (Å²) in [6.45, 7) is 2.14. The molecule has 3 aliphatic rings. The maximum absolute atomic E-state index is 13.1. The van der Waals surface area contributed by atoms with Gasteiger partial charge in [-0.2, -0.15) is 0 Å². The fraction of sp³-hybridized carbons (Fsp3) is 0.464. The van der Waals surface area contributed by atoms with Crippen molar-refractivity contribution in [3.63, 3.8) is 0 Å². The Bertz CT molecular complexity index is 1160. The van der Waals surface area contributed by atoms with E-state index in [2.05, 4.69) is 44.3 Å². The highest BCUT2D eigenvalue weighted by Crippen LogP contribution is 2.42. The molecule has 2 aliphatic carbocycles. The number of aryl methyl sites for hydroxylation is 1. The van der Waals surface area contributed by atoms with Gasteiger partial charge in [0.1, 0.15) is 5.82 Å². The van der Waals surface area contributed by atoms with Crippen molar-refractivity contribution in [3.05, 3.63) is 71.0 Å². The van der Waals surface area contributed by atoms with Gasteiger partial charge in [-0.05, 0) is 67.8 Å². The van der Waals surface area contributed by atoms with Crippen molar-refractivity contribution in [1.29, 1.82) is 0 Å². The molecule has 170 valence electrons. The second kappa shape index (κ2) is 8.86. The van der Waals surface area contributed by atoms with Crippen LogP contribution < -0.4 is 5.32 Å². The highest BCUT2D eigenvalue weighted by Gasteiger charge is 2.39. The first kappa shape index (κ1) is 20.8. The number of rotatable bonds is 8. The van der Waals surface area contributed by atoms with Gasteiger partial charge in [-0.1, -0.05) is 42.8 Å². The summed E-state index contributed by atoms with van der Waals surface area (Å²) in [7, 11) is 0. The summed E-state index contributed by atoms with van der Waals surface area (Å²) < 4.78 is 2.26. The van der Waals surface area contributed by atoms with E-state index in [4.69, 9.17) is 0 Å². The maximum atomic E-state index is 13.1. The Morgan fingerprint density at radius 2 is 1.94 bits per heavy atom. The van der Waals surface area contributed by atoms with E-state index < -0.39 is 0 Å². The molecule has 0 radical (unpaired) electrons. The highest BCUT2D eigenvalue weighted by molar-refractivity contribution is 5.97. The average molecular weight is 441 g/mol. The van der Waals surface area contributed by atoms with Gasteiger partial charge in [0.15, 0.2) is 11.6 Å². The van der Waals surface area contributed by atoms with Gasteiger partial charge < -0.3 is 9.88 Å². The van der Waals surface area contributed by atoms with Crippen LogP contribution in [0.3, 0.4) is 0 Å². The quantitative estimate of drug-likeness (QED) is 0.504. The first-order valence-electron chi connectivity index (χ1n) is 12.6. The first-order chi connectivity index (χ1) is 16.2. The molecule has 3 aromatic rings. The summed E-state index contributed by atoms with van der Waals surface area (Å²) in [6, 6.07) is 17.2. The van der Waals surface area contributed by atoms with E-state index in [1.165, 1.54) is 44.1 Å². The van der Waals surface area contributed by atoms with Crippen molar-refractivity contribution in [3.8, 4) is 11.4 Å². The van der Waals surface area contributed by atoms with Gasteiger partial charge >= 0.3 is 0 Å². The predicted molar refractivity (Wildman–Crippen MR) is 129 cm³/mol. The van der Waals surface area contributed by atoms with Crippen molar-refractivity contribution in [2.45, 2.75) is 69.9 Å². The van der Waals surface area contributed by atoms with E-state index in [9.17, 15) is 4.79 Å². The van der Waals surface area contributed by atoms with Crippen LogP contribution in [-0.2, 0) is 19.4 Å². The molecule has 2 fully saturated rings. The molecule has 2 saturated carbocycles. The molecular weight excluding hydrogens is 408 g/mol. The fourth-order valence-corrected chi connectivity index (χ4v) is 5.18. The monoisotopic (exact) mass is 440 g/mol. The Labute approximate surface area is 195 Å². The molecule has 1 aliphatic heterocycles. The lowest BCUT2D eigenvalue weighted by atomic mass is 9.98. The Morgan fingerprint density at radius 1 is 1.03 bits per heavy atom. The minimum absolute atomic E-state index is 0.178. The number of Topliss-reactive ketones (excluding diaryl/α,β-unsaturated/α-hetero) is 1. The standard InChI is InChI=1S/C28H32N4O/c33-26(22-8-5-7-21(16-22)24-17-25(24)29-18-19-11-12-19)15-20-6-4-9-23(14-20)28-31-30-27-10-2-1-3-13-32(27)28/h4-9,14,16,19,24-25,29H,1-3,10-13,15,17-18H2. The van der Waals surface area contributed by atoms with Crippen LogP contribution in [0.1, 0.15) is 71.8 Å². The van der Waals surface area contributed by atoms with Crippen LogP contribution in [0, 0.1) is 5.92 Å². The molecule has 6 rings (SSSR count). The van der Waals surface area contributed by atoms with Crippen LogP contribution in [0.2, 0.25) is 0 Å². The lowest BCUT2D eigenvalue weighted by Gasteiger charge is -2.09. The molecule has 5 heteroatoms. The minimum atomic E-state index is 0.178. The van der Waals surface area contributed by atoms with Crippen LogP contribution in [0.25, 0.3) is 11.4 Å². The zero-order valence-corrected chi connectivity index (χ0v) is 19.2. The summed E-state index contributed by atoms with van der Waals surface area (Å²) in [4.78, 5) is 13.1. The van der Waals surface area contributed by atoms with Gasteiger partial charge in [0, 0.05) is 42.5 Å². The van der Waals surface area contributed by atoms with Gasteiger partial charge in [-0.3, -0.25) is 4.79 Å². The maximum Gasteiger partial charge on any atom is 0.167 e. The fourth-order valence-electron chi connectivity index (χ4n) is 5.18. The summed E-state index contributed by atoms with van der Waals surface area (Å²) in [5.74, 6) is 3.66. The van der Waals surface area contributed by atoms with Crippen LogP contribution in [-0.4, -0.2) is 33.1 Å². The molecule has 2 aromatic carbocycles. The van der Waals surface area contributed by atoms with Crippen molar-refractivity contribution in [2.24, 2.45) is 5.92 Å². The first-order valence-corrected chi connectivity index (χ1v) is 12.6. The summed E-state index contributed by atoms with van der Waals surface area (Å²) >= 11 is 0. The van der Waals surface area contributed by atoms with Gasteiger partial charge in [0.2, 0.25) is 0 Å². The molecule has 1 aromatic heterocycles. The number of nitrogens with zero attached hydrogens (tertiary/aromatic N) is 3. The number of fused-ring (bicyclic) bond motifs is 1. The minimum Gasteiger partial charge on any atom is -0.313 e. The van der Waals surface area contributed by atoms with E-state index in [0.717, 1.165) is 53.8 Å². The molecule has 0 amide bonds. The van der Waals surface area contributed by atoms with Crippen molar-refractivity contribution >= 4 is 5.78 Å². The van der Waals surface area contributed by atoms with Gasteiger partial charge in [0.05, 0.1) is 0 Å². The third-order valence-electron chi connectivity index (χ3n) is 7.45. The summed E-state index contributed by atoms with van der Waals surface area (Å²) in [6.07, 6.45) is 8.97. The Hall–Kier alpha value is -2.79. The van der Waals surface area contributed by atoms with E-state index in [1.54, 1.807) is 0 Å². The normalized spacial score (nSPS) is 21.9. The van der Waals surface area contributed by atoms with Crippen LogP contribution >= 0.6 is 0 Å². The molecule has 5 nitrogen and oxygen atoms in total. The van der Waals surface area contributed by atoms with Crippen LogP contribution in [0.15, 0.2) is 48.5 Å². The highest BCUT2D eigenvalue weighted by atomic mass is 16.1. The molecule has 2 atom stereocenters. The second-order valence-electron chi connectivity index (χ2n) is 10.1. The molecule has 0 saturated heterocycles. The van der Waals surface area contributed by atoms with E-state index >= 15 is 0 Å². The Kier molecular flexibility index (Phi) is 5.58. The van der Waals surface area contributed by atoms with Gasteiger partial charge in [0.25, 0.3) is 0 Å². The number of carbonyl (C=O) groups is 1. The number of carbonyl (C=O) groups excluding carboxylic acids is 1. The van der Waals surface area contributed by atoms with Crippen molar-refractivity contribution in [1.82, 2.24) is 20.1 Å². The number of hydrogen-bond donors (Lipinski definition) is 1. The van der Waals surface area contributed by atoms with Gasteiger partial charge in [-0.15, -0.1) is 10.2 Å². The Balaban J connectivity index is 1.15. The van der Waals surface area contributed by atoms with Crippen molar-refractivity contribution < 1.29 is 4.79 Å².